The monoisotopic (exact) mass is 499 g/mol. The highest BCUT2D eigenvalue weighted by Gasteiger charge is 2.19. The maximum Gasteiger partial charge on any atom is 0.231 e. The summed E-state index contributed by atoms with van der Waals surface area (Å²) in [7, 11) is 3.44. The Morgan fingerprint density at radius 1 is 1.35 bits per heavy atom. The Morgan fingerprint density at radius 2 is 2.09 bits per heavy atom. The third-order valence-corrected chi connectivity index (χ3v) is 3.99. The van der Waals surface area contributed by atoms with Crippen molar-refractivity contribution in [3.63, 3.8) is 0 Å². The van der Waals surface area contributed by atoms with Crippen molar-refractivity contribution in [3.05, 3.63) is 22.2 Å². The normalized spacial score (nSPS) is 13.5. The molecule has 8 heteroatoms. The minimum absolute atomic E-state index is 0. The van der Waals surface area contributed by atoms with Crippen molar-refractivity contribution in [3.8, 4) is 11.5 Å². The highest BCUT2D eigenvalue weighted by Crippen LogP contribution is 2.39. The van der Waals surface area contributed by atoms with Crippen molar-refractivity contribution >= 4 is 45.9 Å². The van der Waals surface area contributed by atoms with Crippen molar-refractivity contribution in [2.45, 2.75) is 26.0 Å². The lowest BCUT2D eigenvalue weighted by Crippen LogP contribution is -2.45. The molecule has 0 saturated carbocycles. The second-order valence-corrected chi connectivity index (χ2v) is 6.41. The SMILES string of the molecule is CN=C(NCc1cc(Br)c2c(c1)OCO2)NCC(C)(C)OC.I. The molecule has 0 aromatic heterocycles. The van der Waals surface area contributed by atoms with E-state index < -0.39 is 0 Å². The van der Waals surface area contributed by atoms with Gasteiger partial charge in [0, 0.05) is 27.2 Å². The van der Waals surface area contributed by atoms with Crippen LogP contribution in [0, 0.1) is 0 Å². The molecule has 1 heterocycles. The number of hydrogen-bond acceptors (Lipinski definition) is 4. The first-order chi connectivity index (χ1) is 10.4. The maximum absolute atomic E-state index is 5.42. The van der Waals surface area contributed by atoms with E-state index >= 15 is 0 Å². The predicted molar refractivity (Wildman–Crippen MR) is 105 cm³/mol. The van der Waals surface area contributed by atoms with Gasteiger partial charge in [0.2, 0.25) is 6.79 Å². The molecule has 0 radical (unpaired) electrons. The molecule has 0 saturated heterocycles. The molecule has 1 aliphatic rings. The molecule has 1 aromatic rings. The molecule has 0 bridgehead atoms. The van der Waals surface area contributed by atoms with Crippen molar-refractivity contribution in [1.82, 2.24) is 10.6 Å². The van der Waals surface area contributed by atoms with E-state index in [0.717, 1.165) is 27.5 Å². The summed E-state index contributed by atoms with van der Waals surface area (Å²) in [4.78, 5) is 4.21. The fourth-order valence-corrected chi connectivity index (χ4v) is 2.50. The van der Waals surface area contributed by atoms with E-state index in [1.807, 2.05) is 26.0 Å². The molecule has 2 rings (SSSR count). The van der Waals surface area contributed by atoms with Gasteiger partial charge in [-0.25, -0.2) is 0 Å². The molecule has 130 valence electrons. The van der Waals surface area contributed by atoms with Crippen LogP contribution in [0.3, 0.4) is 0 Å². The second kappa shape index (κ2) is 8.93. The third-order valence-electron chi connectivity index (χ3n) is 3.40. The molecule has 0 atom stereocenters. The van der Waals surface area contributed by atoms with E-state index in [1.54, 1.807) is 14.2 Å². The van der Waals surface area contributed by atoms with E-state index in [9.17, 15) is 0 Å². The van der Waals surface area contributed by atoms with Crippen LogP contribution >= 0.6 is 39.9 Å². The minimum Gasteiger partial charge on any atom is -0.454 e. The Hall–Kier alpha value is -0.740. The number of ether oxygens (including phenoxy) is 3. The molecule has 23 heavy (non-hydrogen) atoms. The van der Waals surface area contributed by atoms with Crippen LogP contribution in [-0.4, -0.2) is 39.1 Å². The number of nitrogens with one attached hydrogen (secondary N) is 2. The summed E-state index contributed by atoms with van der Waals surface area (Å²) in [6.45, 7) is 5.58. The highest BCUT2D eigenvalue weighted by atomic mass is 127. The van der Waals surface area contributed by atoms with Crippen LogP contribution in [0.15, 0.2) is 21.6 Å². The fourth-order valence-electron chi connectivity index (χ4n) is 1.90. The molecule has 6 nitrogen and oxygen atoms in total. The predicted octanol–water partition coefficient (Wildman–Crippen LogP) is 2.89. The average Bonchev–Trinajstić information content (AvgIpc) is 2.96. The van der Waals surface area contributed by atoms with Crippen LogP contribution in [-0.2, 0) is 11.3 Å². The first-order valence-electron chi connectivity index (χ1n) is 7.03. The van der Waals surface area contributed by atoms with Gasteiger partial charge < -0.3 is 24.8 Å². The van der Waals surface area contributed by atoms with Crippen molar-refractivity contribution in [2.75, 3.05) is 27.5 Å². The van der Waals surface area contributed by atoms with Crippen LogP contribution in [0.5, 0.6) is 11.5 Å². The molecule has 0 spiro atoms. The van der Waals surface area contributed by atoms with Crippen LogP contribution in [0.25, 0.3) is 0 Å². The Balaban J connectivity index is 0.00000264. The number of fused-ring (bicyclic) bond motifs is 1. The maximum atomic E-state index is 5.42. The molecular weight excluding hydrogens is 477 g/mol. The van der Waals surface area contributed by atoms with E-state index in [4.69, 9.17) is 14.2 Å². The molecular formula is C15H23BrIN3O3. The van der Waals surface area contributed by atoms with Gasteiger partial charge in [-0.3, -0.25) is 4.99 Å². The van der Waals surface area contributed by atoms with Gasteiger partial charge in [0.1, 0.15) is 0 Å². The molecule has 1 aromatic carbocycles. The van der Waals surface area contributed by atoms with Crippen LogP contribution < -0.4 is 20.1 Å². The first kappa shape index (κ1) is 20.3. The standard InChI is InChI=1S/C15H22BrN3O3.HI/c1-15(2,20-4)8-19-14(17-3)18-7-10-5-11(16)13-12(6-10)21-9-22-13;/h5-6H,7-9H2,1-4H3,(H2,17,18,19);1H. The van der Waals surface area contributed by atoms with Crippen LogP contribution in [0.2, 0.25) is 0 Å². The summed E-state index contributed by atoms with van der Waals surface area (Å²) in [5.74, 6) is 2.24. The zero-order valence-electron chi connectivity index (χ0n) is 13.7. The fraction of sp³-hybridized carbons (Fsp3) is 0.533. The quantitative estimate of drug-likeness (QED) is 0.370. The number of hydrogen-bond donors (Lipinski definition) is 2. The van der Waals surface area contributed by atoms with Crippen molar-refractivity contribution < 1.29 is 14.2 Å². The average molecular weight is 500 g/mol. The first-order valence-corrected chi connectivity index (χ1v) is 7.82. The number of benzene rings is 1. The van der Waals surface area contributed by atoms with Gasteiger partial charge in [-0.05, 0) is 47.5 Å². The molecule has 1 aliphatic heterocycles. The lowest BCUT2D eigenvalue weighted by Gasteiger charge is -2.24. The Kier molecular flexibility index (Phi) is 7.88. The molecule has 2 N–H and O–H groups in total. The molecule has 0 unspecified atom stereocenters. The van der Waals surface area contributed by atoms with Gasteiger partial charge >= 0.3 is 0 Å². The number of halogens is 2. The van der Waals surface area contributed by atoms with Crippen LogP contribution in [0.1, 0.15) is 19.4 Å². The van der Waals surface area contributed by atoms with Crippen molar-refractivity contribution in [1.29, 1.82) is 0 Å². The zero-order valence-corrected chi connectivity index (χ0v) is 17.7. The summed E-state index contributed by atoms with van der Waals surface area (Å²) in [6.07, 6.45) is 0. The van der Waals surface area contributed by atoms with Gasteiger partial charge in [0.05, 0.1) is 10.1 Å². The number of aliphatic imine (C=N–C) groups is 1. The summed E-state index contributed by atoms with van der Waals surface area (Å²) >= 11 is 3.49. The second-order valence-electron chi connectivity index (χ2n) is 5.55. The number of guanidine groups is 1. The van der Waals surface area contributed by atoms with E-state index in [1.165, 1.54) is 0 Å². The molecule has 0 amide bonds. The summed E-state index contributed by atoms with van der Waals surface area (Å²) < 4.78 is 17.1. The van der Waals surface area contributed by atoms with Gasteiger partial charge in [-0.1, -0.05) is 0 Å². The van der Waals surface area contributed by atoms with Gasteiger partial charge in [0.25, 0.3) is 0 Å². The van der Waals surface area contributed by atoms with E-state index in [0.29, 0.717) is 13.1 Å². The number of rotatable bonds is 5. The minimum atomic E-state index is -0.251. The van der Waals surface area contributed by atoms with E-state index in [2.05, 4.69) is 31.6 Å². The van der Waals surface area contributed by atoms with Gasteiger partial charge in [-0.15, -0.1) is 24.0 Å². The summed E-state index contributed by atoms with van der Waals surface area (Å²) in [5.41, 5.74) is 0.824. The largest absolute Gasteiger partial charge is 0.454 e. The lowest BCUT2D eigenvalue weighted by atomic mass is 10.1. The number of nitrogens with zero attached hydrogens (tertiary/aromatic N) is 1. The zero-order chi connectivity index (χ0) is 16.2. The van der Waals surface area contributed by atoms with Gasteiger partial charge in [0.15, 0.2) is 17.5 Å². The van der Waals surface area contributed by atoms with Crippen LogP contribution in [0.4, 0.5) is 0 Å². The smallest absolute Gasteiger partial charge is 0.231 e. The van der Waals surface area contributed by atoms with E-state index in [-0.39, 0.29) is 36.4 Å². The summed E-state index contributed by atoms with van der Waals surface area (Å²) in [6, 6.07) is 3.97. The number of methoxy groups -OCH3 is 1. The van der Waals surface area contributed by atoms with Crippen molar-refractivity contribution in [2.24, 2.45) is 4.99 Å². The topological polar surface area (TPSA) is 64.1 Å². The highest BCUT2D eigenvalue weighted by molar-refractivity contribution is 14.0. The Morgan fingerprint density at radius 3 is 2.74 bits per heavy atom. The lowest BCUT2D eigenvalue weighted by molar-refractivity contribution is 0.0268. The van der Waals surface area contributed by atoms with Gasteiger partial charge in [-0.2, -0.15) is 0 Å². The Labute approximate surface area is 162 Å². The molecule has 0 fully saturated rings. The third kappa shape index (κ3) is 5.68. The Bertz CT molecular complexity index is 567. The molecule has 0 aliphatic carbocycles. The summed E-state index contributed by atoms with van der Waals surface area (Å²) in [5, 5.41) is 6.51.